The predicted octanol–water partition coefficient (Wildman–Crippen LogP) is 3.41. The molecule has 33 heavy (non-hydrogen) atoms. The van der Waals surface area contributed by atoms with Crippen molar-refractivity contribution in [1.29, 1.82) is 0 Å². The Morgan fingerprint density at radius 3 is 2.45 bits per heavy atom. The molecule has 1 aromatic heterocycles. The van der Waals surface area contributed by atoms with Gasteiger partial charge in [0.1, 0.15) is 17.3 Å². The fourth-order valence-electron chi connectivity index (χ4n) is 4.04. The Balaban J connectivity index is 1.76. The number of amides is 1. The van der Waals surface area contributed by atoms with Gasteiger partial charge in [-0.1, -0.05) is 24.3 Å². The number of hydrogen-bond donors (Lipinski definition) is 1. The number of imidazole rings is 1. The first-order chi connectivity index (χ1) is 16.0. The molecular weight excluding hydrogens is 422 g/mol. The zero-order chi connectivity index (χ0) is 23.4. The van der Waals surface area contributed by atoms with E-state index in [1.54, 1.807) is 62.1 Å². The van der Waals surface area contributed by atoms with Crippen LogP contribution in [0.25, 0.3) is 5.76 Å². The molecule has 1 amide bonds. The zero-order valence-corrected chi connectivity index (χ0v) is 18.5. The Labute approximate surface area is 191 Å². The minimum absolute atomic E-state index is 0.0455. The van der Waals surface area contributed by atoms with Gasteiger partial charge in [0.15, 0.2) is 0 Å². The number of aliphatic hydroxyl groups excluding tert-OH is 1. The Morgan fingerprint density at radius 2 is 1.76 bits per heavy atom. The first-order valence-electron chi connectivity index (χ1n) is 10.6. The number of rotatable bonds is 8. The molecule has 3 aromatic rings. The molecule has 1 atom stereocenters. The molecule has 1 fully saturated rings. The number of methoxy groups -OCH3 is 2. The Hall–Kier alpha value is -4.07. The average Bonchev–Trinajstić information content (AvgIpc) is 3.46. The van der Waals surface area contributed by atoms with Gasteiger partial charge in [0.25, 0.3) is 11.7 Å². The van der Waals surface area contributed by atoms with E-state index < -0.39 is 17.7 Å². The molecule has 8 heteroatoms. The quantitative estimate of drug-likeness (QED) is 0.323. The Kier molecular flexibility index (Phi) is 6.44. The fraction of sp³-hybridized carbons (Fsp3) is 0.240. The molecule has 2 aromatic carbocycles. The highest BCUT2D eigenvalue weighted by molar-refractivity contribution is 6.46. The van der Waals surface area contributed by atoms with Gasteiger partial charge in [0.05, 0.1) is 32.2 Å². The third-order valence-corrected chi connectivity index (χ3v) is 5.67. The summed E-state index contributed by atoms with van der Waals surface area (Å²) >= 11 is 0. The van der Waals surface area contributed by atoms with Crippen LogP contribution in [0.5, 0.6) is 11.5 Å². The van der Waals surface area contributed by atoms with Crippen molar-refractivity contribution in [3.05, 3.63) is 84.0 Å². The summed E-state index contributed by atoms with van der Waals surface area (Å²) in [5.74, 6) is -0.467. The average molecular weight is 447 g/mol. The van der Waals surface area contributed by atoms with E-state index in [2.05, 4.69) is 4.98 Å². The first kappa shape index (κ1) is 22.1. The van der Waals surface area contributed by atoms with Gasteiger partial charge in [0, 0.05) is 31.0 Å². The lowest BCUT2D eigenvalue weighted by Gasteiger charge is -2.25. The van der Waals surface area contributed by atoms with Gasteiger partial charge < -0.3 is 24.0 Å². The number of aliphatic hydroxyl groups is 1. The van der Waals surface area contributed by atoms with E-state index in [0.29, 0.717) is 42.1 Å². The summed E-state index contributed by atoms with van der Waals surface area (Å²) in [6.07, 6.45) is 5.85. The lowest BCUT2D eigenvalue weighted by atomic mass is 9.95. The van der Waals surface area contributed by atoms with E-state index >= 15 is 0 Å². The summed E-state index contributed by atoms with van der Waals surface area (Å²) < 4.78 is 12.5. The summed E-state index contributed by atoms with van der Waals surface area (Å²) in [6, 6.07) is 13.2. The smallest absolute Gasteiger partial charge is 0.295 e. The molecule has 4 rings (SSSR count). The molecule has 1 N–H and O–H groups in total. The second kappa shape index (κ2) is 9.60. The van der Waals surface area contributed by atoms with E-state index in [1.807, 2.05) is 16.8 Å². The Morgan fingerprint density at radius 1 is 1.03 bits per heavy atom. The van der Waals surface area contributed by atoms with Gasteiger partial charge >= 0.3 is 0 Å². The highest BCUT2D eigenvalue weighted by Crippen LogP contribution is 2.40. The van der Waals surface area contributed by atoms with Crippen molar-refractivity contribution in [3.63, 3.8) is 0 Å². The SMILES string of the molecule is COc1cccc(C(O)=C2C(=O)C(=O)N(CCCn3ccnc3)[C@H]2c2cccc(OC)c2)c1. The van der Waals surface area contributed by atoms with Crippen molar-refractivity contribution < 1.29 is 24.2 Å². The van der Waals surface area contributed by atoms with E-state index in [4.69, 9.17) is 9.47 Å². The zero-order valence-electron chi connectivity index (χ0n) is 18.5. The molecule has 0 unspecified atom stereocenters. The molecule has 170 valence electrons. The van der Waals surface area contributed by atoms with Crippen molar-refractivity contribution in [2.24, 2.45) is 0 Å². The molecule has 0 radical (unpaired) electrons. The van der Waals surface area contributed by atoms with Crippen molar-refractivity contribution >= 4 is 17.4 Å². The highest BCUT2D eigenvalue weighted by atomic mass is 16.5. The molecule has 0 saturated carbocycles. The number of carbonyl (C=O) groups is 2. The van der Waals surface area contributed by atoms with Crippen molar-refractivity contribution in [3.8, 4) is 11.5 Å². The van der Waals surface area contributed by atoms with E-state index in [0.717, 1.165) is 0 Å². The number of likely N-dealkylation sites (tertiary alicyclic amines) is 1. The molecule has 0 aliphatic carbocycles. The molecular formula is C25H25N3O5. The monoisotopic (exact) mass is 447 g/mol. The molecule has 1 aliphatic heterocycles. The largest absolute Gasteiger partial charge is 0.507 e. The number of ether oxygens (including phenoxy) is 2. The molecule has 0 bridgehead atoms. The fourth-order valence-corrected chi connectivity index (χ4v) is 4.04. The number of nitrogens with zero attached hydrogens (tertiary/aromatic N) is 3. The van der Waals surface area contributed by atoms with Crippen LogP contribution in [0.1, 0.15) is 23.6 Å². The molecule has 2 heterocycles. The normalized spacial score (nSPS) is 17.4. The summed E-state index contributed by atoms with van der Waals surface area (Å²) in [5, 5.41) is 11.2. The number of hydrogen-bond acceptors (Lipinski definition) is 6. The Bertz CT molecular complexity index is 1190. The third-order valence-electron chi connectivity index (χ3n) is 5.67. The molecule has 0 spiro atoms. The number of aryl methyl sites for hydroxylation is 1. The van der Waals surface area contributed by atoms with Gasteiger partial charge in [0.2, 0.25) is 0 Å². The number of ketones is 1. The summed E-state index contributed by atoms with van der Waals surface area (Å²) in [4.78, 5) is 31.7. The van der Waals surface area contributed by atoms with Crippen LogP contribution in [0.3, 0.4) is 0 Å². The van der Waals surface area contributed by atoms with Crippen LogP contribution in [-0.2, 0) is 16.1 Å². The van der Waals surface area contributed by atoms with E-state index in [9.17, 15) is 14.7 Å². The van der Waals surface area contributed by atoms with Crippen molar-refractivity contribution in [2.45, 2.75) is 19.0 Å². The van der Waals surface area contributed by atoms with Crippen LogP contribution in [0.2, 0.25) is 0 Å². The minimum atomic E-state index is -0.742. The van der Waals surface area contributed by atoms with Crippen molar-refractivity contribution in [2.75, 3.05) is 20.8 Å². The molecule has 1 aliphatic rings. The maximum atomic E-state index is 13.1. The summed E-state index contributed by atoms with van der Waals surface area (Å²) in [7, 11) is 3.08. The van der Waals surface area contributed by atoms with Crippen LogP contribution in [0, 0.1) is 0 Å². The van der Waals surface area contributed by atoms with Gasteiger partial charge in [-0.15, -0.1) is 0 Å². The second-order valence-electron chi connectivity index (χ2n) is 7.66. The minimum Gasteiger partial charge on any atom is -0.507 e. The van der Waals surface area contributed by atoms with E-state index in [-0.39, 0.29) is 11.3 Å². The van der Waals surface area contributed by atoms with Crippen LogP contribution in [0.4, 0.5) is 0 Å². The highest BCUT2D eigenvalue weighted by Gasteiger charge is 2.45. The number of aromatic nitrogens is 2. The number of Topliss-reactive ketones (excluding diaryl/α,β-unsaturated/α-hetero) is 1. The van der Waals surface area contributed by atoms with Crippen LogP contribution < -0.4 is 9.47 Å². The number of carbonyl (C=O) groups excluding carboxylic acids is 2. The summed E-state index contributed by atoms with van der Waals surface area (Å²) in [6.45, 7) is 0.975. The van der Waals surface area contributed by atoms with Gasteiger partial charge in [-0.2, -0.15) is 0 Å². The van der Waals surface area contributed by atoms with E-state index in [1.165, 1.54) is 12.0 Å². The maximum Gasteiger partial charge on any atom is 0.295 e. The van der Waals surface area contributed by atoms with Gasteiger partial charge in [-0.05, 0) is 36.2 Å². The van der Waals surface area contributed by atoms with Crippen molar-refractivity contribution in [1.82, 2.24) is 14.5 Å². The number of benzene rings is 2. The van der Waals surface area contributed by atoms with Crippen LogP contribution in [-0.4, -0.2) is 52.0 Å². The topological polar surface area (TPSA) is 93.9 Å². The van der Waals surface area contributed by atoms with Gasteiger partial charge in [-0.3, -0.25) is 9.59 Å². The van der Waals surface area contributed by atoms with Gasteiger partial charge in [-0.25, -0.2) is 4.98 Å². The van der Waals surface area contributed by atoms with Crippen LogP contribution >= 0.6 is 0 Å². The second-order valence-corrected chi connectivity index (χ2v) is 7.66. The maximum absolute atomic E-state index is 13.1. The molecule has 8 nitrogen and oxygen atoms in total. The molecule has 1 saturated heterocycles. The van der Waals surface area contributed by atoms with Crippen LogP contribution in [0.15, 0.2) is 72.8 Å². The summed E-state index contributed by atoms with van der Waals surface area (Å²) in [5.41, 5.74) is 1.13. The lowest BCUT2D eigenvalue weighted by molar-refractivity contribution is -0.139. The third kappa shape index (κ3) is 4.45. The lowest BCUT2D eigenvalue weighted by Crippen LogP contribution is -2.31. The standard InChI is InChI=1S/C25H25N3O5/c1-32-19-8-3-6-17(14-19)22-21(23(29)18-7-4-9-20(15-18)33-2)24(30)25(31)28(22)12-5-11-27-13-10-26-16-27/h3-4,6-10,13-16,22,29H,5,11-12H2,1-2H3/t22-/m0/s1. The first-order valence-corrected chi connectivity index (χ1v) is 10.6. The predicted molar refractivity (Wildman–Crippen MR) is 122 cm³/mol.